The molecule has 0 spiro atoms. The molecule has 0 saturated carbocycles. The summed E-state index contributed by atoms with van der Waals surface area (Å²) in [6.07, 6.45) is 1.27. The number of aliphatic hydroxyl groups is 1. The number of hydrogen-bond acceptors (Lipinski definition) is 4. The Bertz CT molecular complexity index is 451. The highest BCUT2D eigenvalue weighted by molar-refractivity contribution is 7.09. The standard InChI is InChI=1S/C13H16N2OS/c1-10(16)11-5-6-13(14-8-11)15(2)9-12-4-3-7-17-12/h3-8,10,16H,9H2,1-2H3/t10-/m0/s1. The van der Waals surface area contributed by atoms with E-state index in [1.165, 1.54) is 4.88 Å². The highest BCUT2D eigenvalue weighted by Crippen LogP contribution is 2.18. The number of thiophene rings is 1. The van der Waals surface area contributed by atoms with Crippen LogP contribution >= 0.6 is 11.3 Å². The van der Waals surface area contributed by atoms with Crippen molar-refractivity contribution >= 4 is 17.2 Å². The molecule has 0 unspecified atom stereocenters. The number of aromatic nitrogens is 1. The Morgan fingerprint density at radius 2 is 2.24 bits per heavy atom. The van der Waals surface area contributed by atoms with Crippen LogP contribution in [-0.2, 0) is 6.54 Å². The summed E-state index contributed by atoms with van der Waals surface area (Å²) in [4.78, 5) is 7.76. The molecular formula is C13H16N2OS. The number of aliphatic hydroxyl groups excluding tert-OH is 1. The highest BCUT2D eigenvalue weighted by Gasteiger charge is 2.06. The van der Waals surface area contributed by atoms with E-state index in [0.717, 1.165) is 17.9 Å². The van der Waals surface area contributed by atoms with E-state index in [1.807, 2.05) is 19.2 Å². The molecule has 3 nitrogen and oxygen atoms in total. The average Bonchev–Trinajstić information content (AvgIpc) is 2.82. The van der Waals surface area contributed by atoms with Gasteiger partial charge >= 0.3 is 0 Å². The number of pyridine rings is 1. The van der Waals surface area contributed by atoms with E-state index in [0.29, 0.717) is 0 Å². The van der Waals surface area contributed by atoms with Crippen molar-refractivity contribution in [3.05, 3.63) is 46.3 Å². The van der Waals surface area contributed by atoms with Crippen LogP contribution < -0.4 is 4.90 Å². The maximum absolute atomic E-state index is 9.41. The van der Waals surface area contributed by atoms with Crippen molar-refractivity contribution in [3.63, 3.8) is 0 Å². The molecule has 0 aromatic carbocycles. The van der Waals surface area contributed by atoms with Gasteiger partial charge in [-0.15, -0.1) is 11.3 Å². The van der Waals surface area contributed by atoms with Crippen LogP contribution in [0.2, 0.25) is 0 Å². The minimum Gasteiger partial charge on any atom is -0.389 e. The predicted octanol–water partition coefficient (Wildman–Crippen LogP) is 2.83. The molecule has 17 heavy (non-hydrogen) atoms. The van der Waals surface area contributed by atoms with Crippen molar-refractivity contribution in [1.29, 1.82) is 0 Å². The van der Waals surface area contributed by atoms with Gasteiger partial charge < -0.3 is 10.0 Å². The van der Waals surface area contributed by atoms with Gasteiger partial charge in [0.1, 0.15) is 5.82 Å². The summed E-state index contributed by atoms with van der Waals surface area (Å²) in [6, 6.07) is 8.02. The van der Waals surface area contributed by atoms with Gasteiger partial charge in [-0.2, -0.15) is 0 Å². The molecule has 0 amide bonds. The Labute approximate surface area is 105 Å². The molecular weight excluding hydrogens is 232 g/mol. The first-order chi connectivity index (χ1) is 8.16. The van der Waals surface area contributed by atoms with Gasteiger partial charge in [-0.1, -0.05) is 12.1 Å². The normalized spacial score (nSPS) is 12.4. The largest absolute Gasteiger partial charge is 0.389 e. The molecule has 2 rings (SSSR count). The number of anilines is 1. The van der Waals surface area contributed by atoms with Crippen molar-refractivity contribution in [3.8, 4) is 0 Å². The lowest BCUT2D eigenvalue weighted by molar-refractivity contribution is 0.199. The summed E-state index contributed by atoms with van der Waals surface area (Å²) < 4.78 is 0. The van der Waals surface area contributed by atoms with E-state index in [9.17, 15) is 5.11 Å². The minimum atomic E-state index is -0.459. The molecule has 0 saturated heterocycles. The van der Waals surface area contributed by atoms with E-state index >= 15 is 0 Å². The van der Waals surface area contributed by atoms with Crippen LogP contribution in [0, 0.1) is 0 Å². The first kappa shape index (κ1) is 12.1. The van der Waals surface area contributed by atoms with Gasteiger partial charge in [0.2, 0.25) is 0 Å². The van der Waals surface area contributed by atoms with E-state index in [-0.39, 0.29) is 0 Å². The maximum Gasteiger partial charge on any atom is 0.128 e. The van der Waals surface area contributed by atoms with E-state index in [2.05, 4.69) is 27.4 Å². The molecule has 0 aliphatic rings. The van der Waals surface area contributed by atoms with Crippen LogP contribution in [0.1, 0.15) is 23.5 Å². The zero-order valence-electron chi connectivity index (χ0n) is 10.00. The Morgan fingerprint density at radius 1 is 1.41 bits per heavy atom. The fourth-order valence-corrected chi connectivity index (χ4v) is 2.34. The zero-order chi connectivity index (χ0) is 12.3. The molecule has 0 radical (unpaired) electrons. The Kier molecular flexibility index (Phi) is 3.76. The molecule has 0 bridgehead atoms. The van der Waals surface area contributed by atoms with Gasteiger partial charge in [-0.3, -0.25) is 0 Å². The maximum atomic E-state index is 9.41. The van der Waals surface area contributed by atoms with Crippen LogP contribution in [0.25, 0.3) is 0 Å². The molecule has 2 aromatic heterocycles. The van der Waals surface area contributed by atoms with Crippen molar-refractivity contribution in [1.82, 2.24) is 4.98 Å². The topological polar surface area (TPSA) is 36.4 Å². The van der Waals surface area contributed by atoms with Crippen LogP contribution in [-0.4, -0.2) is 17.1 Å². The third-order valence-corrected chi connectivity index (χ3v) is 3.48. The second-order valence-electron chi connectivity index (χ2n) is 4.06. The molecule has 90 valence electrons. The van der Waals surface area contributed by atoms with Crippen LogP contribution in [0.4, 0.5) is 5.82 Å². The average molecular weight is 248 g/mol. The van der Waals surface area contributed by atoms with Crippen molar-refractivity contribution < 1.29 is 5.11 Å². The first-order valence-electron chi connectivity index (χ1n) is 5.54. The Morgan fingerprint density at radius 3 is 2.76 bits per heavy atom. The van der Waals surface area contributed by atoms with Crippen LogP contribution in [0.3, 0.4) is 0 Å². The van der Waals surface area contributed by atoms with Gasteiger partial charge in [0, 0.05) is 18.1 Å². The molecule has 1 atom stereocenters. The summed E-state index contributed by atoms with van der Waals surface area (Å²) in [5.41, 5.74) is 0.846. The monoisotopic (exact) mass is 248 g/mol. The number of nitrogens with zero attached hydrogens (tertiary/aromatic N) is 2. The SMILES string of the molecule is C[C@H](O)c1ccc(N(C)Cc2cccs2)nc1. The van der Waals surface area contributed by atoms with E-state index in [1.54, 1.807) is 24.5 Å². The molecule has 2 aromatic rings. The van der Waals surface area contributed by atoms with Gasteiger partial charge in [-0.05, 0) is 30.0 Å². The van der Waals surface area contributed by atoms with Gasteiger partial charge in [0.15, 0.2) is 0 Å². The number of hydrogen-bond donors (Lipinski definition) is 1. The molecule has 1 N–H and O–H groups in total. The zero-order valence-corrected chi connectivity index (χ0v) is 10.8. The summed E-state index contributed by atoms with van der Waals surface area (Å²) in [6.45, 7) is 2.60. The molecule has 2 heterocycles. The minimum absolute atomic E-state index is 0.459. The van der Waals surface area contributed by atoms with Gasteiger partial charge in [0.25, 0.3) is 0 Å². The fraction of sp³-hybridized carbons (Fsp3) is 0.308. The smallest absolute Gasteiger partial charge is 0.128 e. The summed E-state index contributed by atoms with van der Waals surface area (Å²) in [5.74, 6) is 0.919. The van der Waals surface area contributed by atoms with Crippen molar-refractivity contribution in [2.24, 2.45) is 0 Å². The summed E-state index contributed by atoms with van der Waals surface area (Å²) in [7, 11) is 2.02. The lowest BCUT2D eigenvalue weighted by Gasteiger charge is -2.17. The lowest BCUT2D eigenvalue weighted by atomic mass is 10.2. The third kappa shape index (κ3) is 3.05. The molecule has 0 fully saturated rings. The first-order valence-corrected chi connectivity index (χ1v) is 6.42. The Balaban J connectivity index is 2.06. The molecule has 4 heteroatoms. The second kappa shape index (κ2) is 5.29. The van der Waals surface area contributed by atoms with Gasteiger partial charge in [0.05, 0.1) is 12.6 Å². The van der Waals surface area contributed by atoms with Crippen LogP contribution in [0.5, 0.6) is 0 Å². The summed E-state index contributed by atoms with van der Waals surface area (Å²) >= 11 is 1.74. The van der Waals surface area contributed by atoms with E-state index < -0.39 is 6.10 Å². The highest BCUT2D eigenvalue weighted by atomic mass is 32.1. The quantitative estimate of drug-likeness (QED) is 0.904. The predicted molar refractivity (Wildman–Crippen MR) is 71.3 cm³/mol. The second-order valence-corrected chi connectivity index (χ2v) is 5.09. The summed E-state index contributed by atoms with van der Waals surface area (Å²) in [5, 5.41) is 11.5. The Hall–Kier alpha value is -1.39. The van der Waals surface area contributed by atoms with Crippen molar-refractivity contribution in [2.75, 3.05) is 11.9 Å². The lowest BCUT2D eigenvalue weighted by Crippen LogP contribution is -2.16. The van der Waals surface area contributed by atoms with Gasteiger partial charge in [-0.25, -0.2) is 4.98 Å². The molecule has 0 aliphatic heterocycles. The van der Waals surface area contributed by atoms with Crippen molar-refractivity contribution in [2.45, 2.75) is 19.6 Å². The fourth-order valence-electron chi connectivity index (χ4n) is 1.59. The molecule has 0 aliphatic carbocycles. The number of rotatable bonds is 4. The van der Waals surface area contributed by atoms with Crippen LogP contribution in [0.15, 0.2) is 35.8 Å². The van der Waals surface area contributed by atoms with E-state index in [4.69, 9.17) is 0 Å². The third-order valence-electron chi connectivity index (χ3n) is 2.62.